The van der Waals surface area contributed by atoms with Crippen molar-refractivity contribution in [3.8, 4) is 0 Å². The van der Waals surface area contributed by atoms with Gasteiger partial charge >= 0.3 is 5.69 Å². The third kappa shape index (κ3) is 2.71. The standard InChI is InChI=1S/C11H9ClN4O3/c1-5-2-3-13-8(12)7(5)15-9(17)6-4-14-11(19)16-10(6)18/h2-4H,1H3,(H,15,17)(H2,14,16,18,19). The van der Waals surface area contributed by atoms with Crippen molar-refractivity contribution in [3.05, 3.63) is 55.6 Å². The normalized spacial score (nSPS) is 10.2. The summed E-state index contributed by atoms with van der Waals surface area (Å²) < 4.78 is 0. The molecule has 0 aliphatic rings. The van der Waals surface area contributed by atoms with E-state index in [1.165, 1.54) is 6.20 Å². The molecule has 0 aliphatic carbocycles. The number of H-pyrrole nitrogens is 2. The van der Waals surface area contributed by atoms with Crippen LogP contribution in [-0.4, -0.2) is 20.9 Å². The molecule has 0 fully saturated rings. The highest BCUT2D eigenvalue weighted by Crippen LogP contribution is 2.22. The molecule has 0 bridgehead atoms. The predicted octanol–water partition coefficient (Wildman–Crippen LogP) is 0.672. The number of aromatic amines is 2. The van der Waals surface area contributed by atoms with Crippen molar-refractivity contribution in [2.75, 3.05) is 5.32 Å². The summed E-state index contributed by atoms with van der Waals surface area (Å²) in [5.41, 5.74) is -0.663. The minimum absolute atomic E-state index is 0.120. The Balaban J connectivity index is 2.36. The van der Waals surface area contributed by atoms with E-state index < -0.39 is 17.2 Å². The molecular weight excluding hydrogens is 272 g/mol. The average Bonchev–Trinajstić information content (AvgIpc) is 2.33. The number of rotatable bonds is 2. The fraction of sp³-hybridized carbons (Fsp3) is 0.0909. The molecule has 2 aromatic heterocycles. The first-order valence-electron chi connectivity index (χ1n) is 5.23. The lowest BCUT2D eigenvalue weighted by Crippen LogP contribution is -2.29. The van der Waals surface area contributed by atoms with E-state index in [1.807, 2.05) is 4.98 Å². The molecule has 0 saturated carbocycles. The lowest BCUT2D eigenvalue weighted by molar-refractivity contribution is 0.102. The van der Waals surface area contributed by atoms with Crippen molar-refractivity contribution in [3.63, 3.8) is 0 Å². The summed E-state index contributed by atoms with van der Waals surface area (Å²) >= 11 is 5.86. The van der Waals surface area contributed by atoms with Gasteiger partial charge < -0.3 is 10.3 Å². The Labute approximate surface area is 111 Å². The van der Waals surface area contributed by atoms with Crippen LogP contribution in [0.3, 0.4) is 0 Å². The molecule has 7 nitrogen and oxygen atoms in total. The van der Waals surface area contributed by atoms with Gasteiger partial charge in [0.1, 0.15) is 5.56 Å². The van der Waals surface area contributed by atoms with E-state index in [-0.39, 0.29) is 10.7 Å². The monoisotopic (exact) mass is 280 g/mol. The maximum Gasteiger partial charge on any atom is 0.325 e. The van der Waals surface area contributed by atoms with Crippen LogP contribution >= 0.6 is 11.6 Å². The molecule has 98 valence electrons. The van der Waals surface area contributed by atoms with E-state index in [1.54, 1.807) is 13.0 Å². The van der Waals surface area contributed by atoms with Crippen LogP contribution in [0, 0.1) is 6.92 Å². The highest BCUT2D eigenvalue weighted by Gasteiger charge is 2.14. The zero-order valence-corrected chi connectivity index (χ0v) is 10.5. The Morgan fingerprint density at radius 1 is 1.42 bits per heavy atom. The van der Waals surface area contributed by atoms with Gasteiger partial charge in [-0.05, 0) is 18.6 Å². The Morgan fingerprint density at radius 2 is 2.16 bits per heavy atom. The maximum absolute atomic E-state index is 11.9. The van der Waals surface area contributed by atoms with Crippen LogP contribution in [0.4, 0.5) is 5.69 Å². The number of aryl methyl sites for hydroxylation is 1. The lowest BCUT2D eigenvalue weighted by atomic mass is 10.2. The average molecular weight is 281 g/mol. The number of amides is 1. The first-order valence-corrected chi connectivity index (χ1v) is 5.61. The summed E-state index contributed by atoms with van der Waals surface area (Å²) in [4.78, 5) is 42.2. The molecule has 2 heterocycles. The predicted molar refractivity (Wildman–Crippen MR) is 69.6 cm³/mol. The molecule has 3 N–H and O–H groups in total. The van der Waals surface area contributed by atoms with E-state index in [0.717, 1.165) is 6.20 Å². The second kappa shape index (κ2) is 5.07. The molecule has 0 atom stereocenters. The van der Waals surface area contributed by atoms with Gasteiger partial charge in [-0.3, -0.25) is 14.6 Å². The molecule has 0 spiro atoms. The molecule has 0 aromatic carbocycles. The third-order valence-electron chi connectivity index (χ3n) is 2.42. The molecule has 0 saturated heterocycles. The van der Waals surface area contributed by atoms with Crippen LogP contribution in [0.1, 0.15) is 15.9 Å². The summed E-state index contributed by atoms with van der Waals surface area (Å²) in [5.74, 6) is -0.685. The number of aromatic nitrogens is 3. The van der Waals surface area contributed by atoms with E-state index in [9.17, 15) is 14.4 Å². The van der Waals surface area contributed by atoms with Crippen molar-refractivity contribution < 1.29 is 4.79 Å². The van der Waals surface area contributed by atoms with Crippen LogP contribution in [0.2, 0.25) is 5.15 Å². The highest BCUT2D eigenvalue weighted by molar-refractivity contribution is 6.32. The zero-order chi connectivity index (χ0) is 14.0. The Morgan fingerprint density at radius 3 is 2.79 bits per heavy atom. The Kier molecular flexibility index (Phi) is 3.48. The highest BCUT2D eigenvalue weighted by atomic mass is 35.5. The quantitative estimate of drug-likeness (QED) is 0.703. The minimum Gasteiger partial charge on any atom is -0.319 e. The molecular formula is C11H9ClN4O3. The lowest BCUT2D eigenvalue weighted by Gasteiger charge is -2.08. The van der Waals surface area contributed by atoms with Crippen molar-refractivity contribution in [1.29, 1.82) is 0 Å². The minimum atomic E-state index is -0.779. The van der Waals surface area contributed by atoms with Gasteiger partial charge in [0.25, 0.3) is 11.5 Å². The second-order valence-corrected chi connectivity index (χ2v) is 4.09. The number of halogens is 1. The molecule has 0 radical (unpaired) electrons. The summed E-state index contributed by atoms with van der Waals surface area (Å²) in [6.45, 7) is 1.74. The molecule has 0 aliphatic heterocycles. The second-order valence-electron chi connectivity index (χ2n) is 3.73. The molecule has 19 heavy (non-hydrogen) atoms. The third-order valence-corrected chi connectivity index (χ3v) is 2.70. The topological polar surface area (TPSA) is 108 Å². The van der Waals surface area contributed by atoms with Crippen LogP contribution in [0.5, 0.6) is 0 Å². The molecule has 2 rings (SSSR count). The summed E-state index contributed by atoms with van der Waals surface area (Å²) in [6.07, 6.45) is 2.54. The van der Waals surface area contributed by atoms with Gasteiger partial charge in [-0.2, -0.15) is 0 Å². The van der Waals surface area contributed by atoms with Crippen molar-refractivity contribution in [2.45, 2.75) is 6.92 Å². The van der Waals surface area contributed by atoms with Crippen molar-refractivity contribution >= 4 is 23.2 Å². The molecule has 8 heteroatoms. The number of nitrogens with one attached hydrogen (secondary N) is 3. The number of carbonyl (C=O) groups is 1. The van der Waals surface area contributed by atoms with E-state index in [0.29, 0.717) is 11.3 Å². The maximum atomic E-state index is 11.9. The number of hydrogen-bond acceptors (Lipinski definition) is 4. The zero-order valence-electron chi connectivity index (χ0n) is 9.78. The van der Waals surface area contributed by atoms with E-state index >= 15 is 0 Å². The number of pyridine rings is 1. The van der Waals surface area contributed by atoms with Gasteiger partial charge in [0, 0.05) is 12.4 Å². The van der Waals surface area contributed by atoms with Gasteiger partial charge in [-0.15, -0.1) is 0 Å². The van der Waals surface area contributed by atoms with Gasteiger partial charge in [0.05, 0.1) is 5.69 Å². The van der Waals surface area contributed by atoms with Gasteiger partial charge in [0.2, 0.25) is 0 Å². The molecule has 0 unspecified atom stereocenters. The number of carbonyl (C=O) groups excluding carboxylic acids is 1. The van der Waals surface area contributed by atoms with Crippen LogP contribution in [0.15, 0.2) is 28.0 Å². The summed E-state index contributed by atoms with van der Waals surface area (Å²) in [5, 5.41) is 2.60. The van der Waals surface area contributed by atoms with Crippen LogP contribution in [-0.2, 0) is 0 Å². The Bertz CT molecular complexity index is 730. The van der Waals surface area contributed by atoms with Gasteiger partial charge in [-0.1, -0.05) is 11.6 Å². The molecule has 2 aromatic rings. The number of nitrogens with zero attached hydrogens (tertiary/aromatic N) is 1. The van der Waals surface area contributed by atoms with Gasteiger partial charge in [0.15, 0.2) is 5.15 Å². The smallest absolute Gasteiger partial charge is 0.319 e. The van der Waals surface area contributed by atoms with Crippen LogP contribution in [0.25, 0.3) is 0 Å². The summed E-state index contributed by atoms with van der Waals surface area (Å²) in [6, 6.07) is 1.67. The van der Waals surface area contributed by atoms with Gasteiger partial charge in [-0.25, -0.2) is 9.78 Å². The molecule has 1 amide bonds. The van der Waals surface area contributed by atoms with E-state index in [2.05, 4.69) is 15.3 Å². The fourth-order valence-corrected chi connectivity index (χ4v) is 1.69. The number of hydrogen-bond donors (Lipinski definition) is 3. The SMILES string of the molecule is Cc1ccnc(Cl)c1NC(=O)c1c[nH]c(=O)[nH]c1=O. The summed E-state index contributed by atoms with van der Waals surface area (Å²) in [7, 11) is 0. The van der Waals surface area contributed by atoms with Crippen LogP contribution < -0.4 is 16.6 Å². The van der Waals surface area contributed by atoms with Crippen molar-refractivity contribution in [2.24, 2.45) is 0 Å². The number of anilines is 1. The fourth-order valence-electron chi connectivity index (χ4n) is 1.43. The van der Waals surface area contributed by atoms with E-state index in [4.69, 9.17) is 11.6 Å². The largest absolute Gasteiger partial charge is 0.325 e. The first kappa shape index (κ1) is 13.0. The Hall–Kier alpha value is -2.41. The first-order chi connectivity index (χ1) is 8.99. The van der Waals surface area contributed by atoms with Crippen molar-refractivity contribution in [1.82, 2.24) is 15.0 Å².